The minimum absolute atomic E-state index is 0.0128. The Kier molecular flexibility index (Phi) is 5.79. The van der Waals surface area contributed by atoms with Crippen LogP contribution in [0.3, 0.4) is 0 Å². The number of nitrogens with one attached hydrogen (secondary N) is 1. The maximum absolute atomic E-state index is 13.0. The van der Waals surface area contributed by atoms with Gasteiger partial charge in [0, 0.05) is 0 Å². The molecule has 1 aromatic carbocycles. The first kappa shape index (κ1) is 18.5. The normalized spacial score (nSPS) is 11.1. The fraction of sp³-hybridized carbons (Fsp3) is 0.312. The number of hydrogen-bond donors (Lipinski definition) is 1. The largest absolute Gasteiger partial charge is 0.476 e. The first-order chi connectivity index (χ1) is 11.9. The van der Waals surface area contributed by atoms with Gasteiger partial charge in [0.05, 0.1) is 30.5 Å². The van der Waals surface area contributed by atoms with Gasteiger partial charge in [-0.25, -0.2) is 4.98 Å². The third kappa shape index (κ3) is 4.59. The van der Waals surface area contributed by atoms with E-state index in [1.54, 1.807) is 13.8 Å². The zero-order valence-corrected chi connectivity index (χ0v) is 13.6. The lowest BCUT2D eigenvalue weighted by molar-refractivity contribution is -0.137. The van der Waals surface area contributed by atoms with Gasteiger partial charge in [0.15, 0.2) is 0 Å². The standard InChI is InChI=1S/C16H16F3N3O3/c1-3-24-14-12(9-20-15(22-14)25-4-2)21-13(23)10-7-5-6-8-11(10)16(17,18)19/h5-9H,3-4H2,1-2H3,(H,21,23). The Hall–Kier alpha value is -2.84. The number of hydrogen-bond acceptors (Lipinski definition) is 5. The van der Waals surface area contributed by atoms with Gasteiger partial charge in [-0.05, 0) is 26.0 Å². The first-order valence-corrected chi connectivity index (χ1v) is 7.47. The second kappa shape index (κ2) is 7.82. The van der Waals surface area contributed by atoms with Crippen molar-refractivity contribution in [1.82, 2.24) is 9.97 Å². The number of nitrogens with zero attached hydrogens (tertiary/aromatic N) is 2. The Morgan fingerprint density at radius 1 is 1.16 bits per heavy atom. The summed E-state index contributed by atoms with van der Waals surface area (Å²) in [6.45, 7) is 4.02. The van der Waals surface area contributed by atoms with Crippen molar-refractivity contribution in [2.45, 2.75) is 20.0 Å². The molecule has 1 aromatic heterocycles. The first-order valence-electron chi connectivity index (χ1n) is 7.47. The maximum Gasteiger partial charge on any atom is 0.417 e. The summed E-state index contributed by atoms with van der Waals surface area (Å²) in [5.74, 6) is -0.930. The highest BCUT2D eigenvalue weighted by Gasteiger charge is 2.35. The number of anilines is 1. The van der Waals surface area contributed by atoms with Crippen molar-refractivity contribution in [3.05, 3.63) is 41.6 Å². The number of rotatable bonds is 6. The molecule has 0 spiro atoms. The fourth-order valence-corrected chi connectivity index (χ4v) is 2.00. The van der Waals surface area contributed by atoms with Gasteiger partial charge in [0.2, 0.25) is 5.88 Å². The number of carbonyl (C=O) groups is 1. The number of carbonyl (C=O) groups excluding carboxylic acids is 1. The van der Waals surface area contributed by atoms with E-state index in [-0.39, 0.29) is 24.2 Å². The molecule has 2 aromatic rings. The zero-order chi connectivity index (χ0) is 18.4. The van der Waals surface area contributed by atoms with Gasteiger partial charge in [-0.3, -0.25) is 4.79 Å². The lowest BCUT2D eigenvalue weighted by Gasteiger charge is -2.14. The van der Waals surface area contributed by atoms with Crippen LogP contribution >= 0.6 is 0 Å². The van der Waals surface area contributed by atoms with Crippen LogP contribution in [0.15, 0.2) is 30.5 Å². The van der Waals surface area contributed by atoms with Gasteiger partial charge < -0.3 is 14.8 Å². The summed E-state index contributed by atoms with van der Waals surface area (Å²) in [5, 5.41) is 2.35. The van der Waals surface area contributed by atoms with E-state index in [0.29, 0.717) is 6.61 Å². The molecule has 0 radical (unpaired) electrons. The minimum atomic E-state index is -4.65. The molecular weight excluding hydrogens is 339 g/mol. The van der Waals surface area contributed by atoms with Crippen molar-refractivity contribution < 1.29 is 27.4 Å². The minimum Gasteiger partial charge on any atom is -0.476 e. The number of halogens is 3. The molecule has 1 N–H and O–H groups in total. The number of ether oxygens (including phenoxy) is 2. The number of amides is 1. The quantitative estimate of drug-likeness (QED) is 0.858. The van der Waals surface area contributed by atoms with Crippen LogP contribution < -0.4 is 14.8 Å². The molecule has 2 rings (SSSR count). The van der Waals surface area contributed by atoms with E-state index in [1.165, 1.54) is 18.3 Å². The van der Waals surface area contributed by atoms with Gasteiger partial charge in [-0.2, -0.15) is 18.2 Å². The van der Waals surface area contributed by atoms with Crippen LogP contribution in [0.1, 0.15) is 29.8 Å². The average molecular weight is 355 g/mol. The molecule has 0 saturated carbocycles. The van der Waals surface area contributed by atoms with Gasteiger partial charge in [-0.15, -0.1) is 0 Å². The van der Waals surface area contributed by atoms with Crippen molar-refractivity contribution in [1.29, 1.82) is 0 Å². The smallest absolute Gasteiger partial charge is 0.417 e. The predicted octanol–water partition coefficient (Wildman–Crippen LogP) is 3.55. The number of alkyl halides is 3. The molecule has 1 heterocycles. The van der Waals surface area contributed by atoms with Crippen LogP contribution in [0, 0.1) is 0 Å². The topological polar surface area (TPSA) is 73.3 Å². The second-order valence-electron chi connectivity index (χ2n) is 4.73. The molecule has 9 heteroatoms. The molecule has 0 fully saturated rings. The monoisotopic (exact) mass is 355 g/mol. The van der Waals surface area contributed by atoms with E-state index in [2.05, 4.69) is 15.3 Å². The summed E-state index contributed by atoms with van der Waals surface area (Å²) in [6.07, 6.45) is -3.43. The van der Waals surface area contributed by atoms with Crippen LogP contribution in [0.4, 0.5) is 18.9 Å². The van der Waals surface area contributed by atoms with E-state index in [4.69, 9.17) is 9.47 Å². The number of benzene rings is 1. The molecule has 0 saturated heterocycles. The van der Waals surface area contributed by atoms with Crippen molar-refractivity contribution in [3.63, 3.8) is 0 Å². The lowest BCUT2D eigenvalue weighted by Crippen LogP contribution is -2.19. The maximum atomic E-state index is 13.0. The van der Waals surface area contributed by atoms with Crippen LogP contribution in [0.25, 0.3) is 0 Å². The molecule has 0 bridgehead atoms. The molecule has 1 amide bonds. The summed E-state index contributed by atoms with van der Waals surface area (Å²) >= 11 is 0. The SMILES string of the molecule is CCOc1ncc(NC(=O)c2ccccc2C(F)(F)F)c(OCC)n1. The molecule has 0 aliphatic carbocycles. The molecule has 0 unspecified atom stereocenters. The summed E-state index contributed by atoms with van der Waals surface area (Å²) in [5.41, 5.74) is -1.49. The predicted molar refractivity (Wildman–Crippen MR) is 83.8 cm³/mol. The van der Waals surface area contributed by atoms with Gasteiger partial charge in [0.25, 0.3) is 5.91 Å². The van der Waals surface area contributed by atoms with E-state index in [9.17, 15) is 18.0 Å². The summed E-state index contributed by atoms with van der Waals surface area (Å²) in [7, 11) is 0. The average Bonchev–Trinajstić information content (AvgIpc) is 2.57. The summed E-state index contributed by atoms with van der Waals surface area (Å²) in [4.78, 5) is 20.2. The van der Waals surface area contributed by atoms with Gasteiger partial charge >= 0.3 is 12.2 Å². The Balaban J connectivity index is 2.32. The van der Waals surface area contributed by atoms with E-state index < -0.39 is 23.2 Å². The van der Waals surface area contributed by atoms with Gasteiger partial charge in [0.1, 0.15) is 5.69 Å². The summed E-state index contributed by atoms with van der Waals surface area (Å²) < 4.78 is 49.5. The van der Waals surface area contributed by atoms with Crippen LogP contribution in [0.2, 0.25) is 0 Å². The van der Waals surface area contributed by atoms with Crippen LogP contribution in [0.5, 0.6) is 11.9 Å². The number of aromatic nitrogens is 2. The van der Waals surface area contributed by atoms with Crippen molar-refractivity contribution in [2.75, 3.05) is 18.5 Å². The molecule has 25 heavy (non-hydrogen) atoms. The van der Waals surface area contributed by atoms with E-state index in [1.807, 2.05) is 0 Å². The molecule has 0 aliphatic heterocycles. The Bertz CT molecular complexity index is 751. The Labute approximate surface area is 142 Å². The van der Waals surface area contributed by atoms with Crippen molar-refractivity contribution in [3.8, 4) is 11.9 Å². The highest BCUT2D eigenvalue weighted by Crippen LogP contribution is 2.32. The third-order valence-corrected chi connectivity index (χ3v) is 3.01. The molecule has 0 atom stereocenters. The molecular formula is C16H16F3N3O3. The van der Waals surface area contributed by atoms with E-state index in [0.717, 1.165) is 12.1 Å². The van der Waals surface area contributed by atoms with Crippen molar-refractivity contribution in [2.24, 2.45) is 0 Å². The third-order valence-electron chi connectivity index (χ3n) is 3.01. The van der Waals surface area contributed by atoms with Crippen LogP contribution in [-0.4, -0.2) is 29.1 Å². The van der Waals surface area contributed by atoms with Crippen LogP contribution in [-0.2, 0) is 6.18 Å². The fourth-order valence-electron chi connectivity index (χ4n) is 2.00. The Morgan fingerprint density at radius 2 is 1.84 bits per heavy atom. The molecule has 0 aliphatic rings. The molecule has 6 nitrogen and oxygen atoms in total. The van der Waals surface area contributed by atoms with Gasteiger partial charge in [-0.1, -0.05) is 12.1 Å². The zero-order valence-electron chi connectivity index (χ0n) is 13.6. The summed E-state index contributed by atoms with van der Waals surface area (Å²) in [6, 6.07) is 4.54. The Morgan fingerprint density at radius 3 is 2.48 bits per heavy atom. The second-order valence-corrected chi connectivity index (χ2v) is 4.73. The van der Waals surface area contributed by atoms with E-state index >= 15 is 0 Å². The lowest BCUT2D eigenvalue weighted by atomic mass is 10.1. The highest BCUT2D eigenvalue weighted by molar-refractivity contribution is 6.05. The van der Waals surface area contributed by atoms with Crippen molar-refractivity contribution >= 4 is 11.6 Å². The highest BCUT2D eigenvalue weighted by atomic mass is 19.4. The molecule has 134 valence electrons.